The quantitative estimate of drug-likeness (QED) is 0.903. The Bertz CT molecular complexity index is 607. The van der Waals surface area contributed by atoms with E-state index in [1.165, 1.54) is 16.8 Å². The summed E-state index contributed by atoms with van der Waals surface area (Å²) < 4.78 is 14.6. The van der Waals surface area contributed by atoms with Crippen LogP contribution in [0.2, 0.25) is 0 Å². The predicted octanol–water partition coefficient (Wildman–Crippen LogP) is 1.98. The van der Waals surface area contributed by atoms with Crippen molar-refractivity contribution in [3.05, 3.63) is 41.0 Å². The maximum absolute atomic E-state index is 13.3. The van der Waals surface area contributed by atoms with Gasteiger partial charge in [0.05, 0.1) is 11.4 Å². The zero-order chi connectivity index (χ0) is 13.3. The molecule has 0 fully saturated rings. The van der Waals surface area contributed by atoms with E-state index < -0.39 is 11.8 Å². The number of carbonyl (C=O) groups is 1. The van der Waals surface area contributed by atoms with Crippen LogP contribution in [0.1, 0.15) is 28.7 Å². The molecule has 0 atom stereocenters. The summed E-state index contributed by atoms with van der Waals surface area (Å²) in [6.07, 6.45) is 0.449. The lowest BCUT2D eigenvalue weighted by molar-refractivity contribution is 0.0689. The van der Waals surface area contributed by atoms with E-state index in [0.29, 0.717) is 17.8 Å². The standard InChI is InChI=1S/C12H12FN3O2/c1-3-9-11(12(17)18)14-15-16(9)10-6-8(13)5-4-7(10)2/h4-6H,3H2,1-2H3,(H,17,18). The van der Waals surface area contributed by atoms with E-state index in [4.69, 9.17) is 5.11 Å². The summed E-state index contributed by atoms with van der Waals surface area (Å²) in [6, 6.07) is 4.28. The number of rotatable bonds is 3. The lowest BCUT2D eigenvalue weighted by atomic mass is 10.2. The molecule has 18 heavy (non-hydrogen) atoms. The molecule has 1 heterocycles. The topological polar surface area (TPSA) is 68.0 Å². The van der Waals surface area contributed by atoms with Crippen molar-refractivity contribution in [1.29, 1.82) is 0 Å². The van der Waals surface area contributed by atoms with Gasteiger partial charge in [0.25, 0.3) is 0 Å². The molecule has 0 saturated heterocycles. The Kier molecular flexibility index (Phi) is 3.10. The third-order valence-corrected chi connectivity index (χ3v) is 2.70. The average Bonchev–Trinajstić information content (AvgIpc) is 2.75. The number of aryl methyl sites for hydroxylation is 1. The molecule has 0 spiro atoms. The third-order valence-electron chi connectivity index (χ3n) is 2.70. The van der Waals surface area contributed by atoms with Gasteiger partial charge in [0, 0.05) is 0 Å². The van der Waals surface area contributed by atoms with Gasteiger partial charge < -0.3 is 5.11 Å². The minimum absolute atomic E-state index is 0.0961. The van der Waals surface area contributed by atoms with E-state index >= 15 is 0 Å². The fourth-order valence-corrected chi connectivity index (χ4v) is 1.79. The zero-order valence-electron chi connectivity index (χ0n) is 10.0. The third kappa shape index (κ3) is 1.97. The van der Waals surface area contributed by atoms with Gasteiger partial charge in [-0.05, 0) is 31.0 Å². The van der Waals surface area contributed by atoms with Gasteiger partial charge >= 0.3 is 5.97 Å². The highest BCUT2D eigenvalue weighted by molar-refractivity contribution is 5.86. The van der Waals surface area contributed by atoms with Crippen molar-refractivity contribution in [2.75, 3.05) is 0 Å². The summed E-state index contributed by atoms with van der Waals surface area (Å²) in [7, 11) is 0. The SMILES string of the molecule is CCc1c(C(=O)O)nnn1-c1cc(F)ccc1C. The van der Waals surface area contributed by atoms with Crippen LogP contribution < -0.4 is 0 Å². The van der Waals surface area contributed by atoms with Crippen LogP contribution in [0.4, 0.5) is 4.39 Å². The highest BCUT2D eigenvalue weighted by Gasteiger charge is 2.19. The van der Waals surface area contributed by atoms with E-state index in [0.717, 1.165) is 5.56 Å². The van der Waals surface area contributed by atoms with E-state index in [2.05, 4.69) is 10.3 Å². The first-order valence-electron chi connectivity index (χ1n) is 5.49. The van der Waals surface area contributed by atoms with Crippen LogP contribution >= 0.6 is 0 Å². The van der Waals surface area contributed by atoms with Crippen molar-refractivity contribution in [1.82, 2.24) is 15.0 Å². The predicted molar refractivity (Wildman–Crippen MR) is 62.4 cm³/mol. The van der Waals surface area contributed by atoms with Crippen molar-refractivity contribution in [2.45, 2.75) is 20.3 Å². The molecule has 0 radical (unpaired) electrons. The molecule has 0 amide bonds. The maximum atomic E-state index is 13.3. The van der Waals surface area contributed by atoms with Gasteiger partial charge in [-0.3, -0.25) is 0 Å². The molecule has 6 heteroatoms. The molecule has 94 valence electrons. The van der Waals surface area contributed by atoms with Crippen LogP contribution in [0.15, 0.2) is 18.2 Å². The maximum Gasteiger partial charge on any atom is 0.358 e. The number of aromatic carboxylic acids is 1. The van der Waals surface area contributed by atoms with Crippen molar-refractivity contribution in [2.24, 2.45) is 0 Å². The van der Waals surface area contributed by atoms with E-state index in [1.807, 2.05) is 0 Å². The van der Waals surface area contributed by atoms with Crippen LogP contribution in [0.25, 0.3) is 5.69 Å². The molecule has 2 rings (SSSR count). The Morgan fingerprint density at radius 3 is 2.83 bits per heavy atom. The summed E-state index contributed by atoms with van der Waals surface area (Å²) in [5.74, 6) is -1.53. The lowest BCUT2D eigenvalue weighted by Gasteiger charge is -2.08. The molecule has 0 aliphatic heterocycles. The van der Waals surface area contributed by atoms with Crippen LogP contribution in [0.5, 0.6) is 0 Å². The number of hydrogen-bond donors (Lipinski definition) is 1. The molecule has 0 saturated carbocycles. The Balaban J connectivity index is 2.64. The first-order chi connectivity index (χ1) is 8.54. The molecule has 5 nitrogen and oxygen atoms in total. The van der Waals surface area contributed by atoms with Gasteiger partial charge in [-0.15, -0.1) is 5.10 Å². The summed E-state index contributed by atoms with van der Waals surface area (Å²) >= 11 is 0. The number of halogens is 1. The number of nitrogens with zero attached hydrogens (tertiary/aromatic N) is 3. The molecule has 0 bridgehead atoms. The smallest absolute Gasteiger partial charge is 0.358 e. The molecular weight excluding hydrogens is 237 g/mol. The highest BCUT2D eigenvalue weighted by atomic mass is 19.1. The Labute approximate surface area is 103 Å². The molecule has 1 aromatic heterocycles. The first kappa shape index (κ1) is 12.2. The van der Waals surface area contributed by atoms with Crippen molar-refractivity contribution >= 4 is 5.97 Å². The number of hydrogen-bond acceptors (Lipinski definition) is 3. The Hall–Kier alpha value is -2.24. The highest BCUT2D eigenvalue weighted by Crippen LogP contribution is 2.18. The lowest BCUT2D eigenvalue weighted by Crippen LogP contribution is -2.07. The molecule has 2 aromatic rings. The van der Waals surface area contributed by atoms with Gasteiger partial charge in [0.1, 0.15) is 5.82 Å². The summed E-state index contributed by atoms with van der Waals surface area (Å²) in [5, 5.41) is 16.4. The van der Waals surface area contributed by atoms with Crippen LogP contribution in [-0.4, -0.2) is 26.1 Å². The zero-order valence-corrected chi connectivity index (χ0v) is 10.0. The second-order valence-corrected chi connectivity index (χ2v) is 3.89. The van der Waals surface area contributed by atoms with Crippen molar-refractivity contribution < 1.29 is 14.3 Å². The summed E-state index contributed by atoms with van der Waals surface area (Å²) in [6.45, 7) is 3.60. The summed E-state index contributed by atoms with van der Waals surface area (Å²) in [4.78, 5) is 11.0. The largest absolute Gasteiger partial charge is 0.476 e. The number of carboxylic acid groups (broad SMARTS) is 1. The first-order valence-corrected chi connectivity index (χ1v) is 5.49. The fraction of sp³-hybridized carbons (Fsp3) is 0.250. The molecule has 1 aromatic carbocycles. The van der Waals surface area contributed by atoms with Gasteiger partial charge in [-0.1, -0.05) is 18.2 Å². The molecule has 1 N–H and O–H groups in total. The normalized spacial score (nSPS) is 10.6. The van der Waals surface area contributed by atoms with Crippen molar-refractivity contribution in [3.8, 4) is 5.69 Å². The Morgan fingerprint density at radius 1 is 1.50 bits per heavy atom. The van der Waals surface area contributed by atoms with Gasteiger partial charge in [0.2, 0.25) is 0 Å². The second-order valence-electron chi connectivity index (χ2n) is 3.89. The van der Waals surface area contributed by atoms with Gasteiger partial charge in [-0.25, -0.2) is 13.9 Å². The monoisotopic (exact) mass is 249 g/mol. The van der Waals surface area contributed by atoms with Gasteiger partial charge in [0.15, 0.2) is 5.69 Å². The van der Waals surface area contributed by atoms with E-state index in [1.54, 1.807) is 19.9 Å². The van der Waals surface area contributed by atoms with E-state index in [-0.39, 0.29) is 5.69 Å². The minimum Gasteiger partial charge on any atom is -0.476 e. The molecule has 0 unspecified atom stereocenters. The minimum atomic E-state index is -1.13. The second kappa shape index (κ2) is 4.56. The van der Waals surface area contributed by atoms with Crippen molar-refractivity contribution in [3.63, 3.8) is 0 Å². The average molecular weight is 249 g/mol. The van der Waals surface area contributed by atoms with Gasteiger partial charge in [-0.2, -0.15) is 0 Å². The van der Waals surface area contributed by atoms with Crippen LogP contribution in [0.3, 0.4) is 0 Å². The molecule has 0 aliphatic rings. The fourth-order valence-electron chi connectivity index (χ4n) is 1.79. The Morgan fingerprint density at radius 2 is 2.22 bits per heavy atom. The molecule has 0 aliphatic carbocycles. The van der Waals surface area contributed by atoms with E-state index in [9.17, 15) is 9.18 Å². The number of benzene rings is 1. The molecular formula is C12H12FN3O2. The van der Waals surface area contributed by atoms with Crippen LogP contribution in [0, 0.1) is 12.7 Å². The van der Waals surface area contributed by atoms with Crippen LogP contribution in [-0.2, 0) is 6.42 Å². The number of aromatic nitrogens is 3. The summed E-state index contributed by atoms with van der Waals surface area (Å²) in [5.41, 5.74) is 1.66. The number of carboxylic acids is 1.